The number of rotatable bonds is 8. The molecule has 0 aliphatic carbocycles. The van der Waals surface area contributed by atoms with Gasteiger partial charge in [0, 0.05) is 30.2 Å². The van der Waals surface area contributed by atoms with E-state index in [-0.39, 0.29) is 32.1 Å². The van der Waals surface area contributed by atoms with E-state index >= 15 is 0 Å². The fraction of sp³-hybridized carbons (Fsp3) is 0.320. The molecule has 0 saturated carbocycles. The lowest BCUT2D eigenvalue weighted by atomic mass is 9.83. The molecule has 1 heterocycles. The minimum Gasteiger partial charge on any atom is -0.465 e. The summed E-state index contributed by atoms with van der Waals surface area (Å²) in [4.78, 5) is 39.7. The summed E-state index contributed by atoms with van der Waals surface area (Å²) in [6.07, 6.45) is 0.102. The molecule has 0 radical (unpaired) electrons. The van der Waals surface area contributed by atoms with E-state index in [0.29, 0.717) is 21.9 Å². The SMILES string of the molecule is COCCOC(=O)C1=C(C)N(Cc2cccc(C(=O)OC)c2)C(=O)CC1c1ccc(Cl)cc1. The van der Waals surface area contributed by atoms with Gasteiger partial charge in [-0.3, -0.25) is 4.79 Å². The Morgan fingerprint density at radius 2 is 1.79 bits per heavy atom. The Balaban J connectivity index is 1.97. The lowest BCUT2D eigenvalue weighted by Crippen LogP contribution is -2.38. The molecule has 0 saturated heterocycles. The lowest BCUT2D eigenvalue weighted by molar-refractivity contribution is -0.141. The highest BCUT2D eigenvalue weighted by atomic mass is 35.5. The third kappa shape index (κ3) is 5.80. The molecular weight excluding hydrogens is 446 g/mol. The predicted octanol–water partition coefficient (Wildman–Crippen LogP) is 4.11. The minimum absolute atomic E-state index is 0.102. The van der Waals surface area contributed by atoms with Crippen LogP contribution in [0.4, 0.5) is 0 Å². The summed E-state index contributed by atoms with van der Waals surface area (Å²) >= 11 is 6.02. The zero-order valence-electron chi connectivity index (χ0n) is 18.8. The molecule has 3 rings (SSSR count). The lowest BCUT2D eigenvalue weighted by Gasteiger charge is -2.34. The van der Waals surface area contributed by atoms with Crippen molar-refractivity contribution in [3.63, 3.8) is 0 Å². The Bertz CT molecular complexity index is 1060. The zero-order chi connectivity index (χ0) is 24.0. The van der Waals surface area contributed by atoms with Gasteiger partial charge in [0.25, 0.3) is 0 Å². The molecule has 0 N–H and O–H groups in total. The second-order valence-electron chi connectivity index (χ2n) is 7.61. The van der Waals surface area contributed by atoms with E-state index in [1.165, 1.54) is 14.2 Å². The van der Waals surface area contributed by atoms with E-state index in [4.69, 9.17) is 25.8 Å². The van der Waals surface area contributed by atoms with Gasteiger partial charge in [-0.1, -0.05) is 35.9 Å². The molecule has 174 valence electrons. The number of esters is 2. The van der Waals surface area contributed by atoms with Crippen molar-refractivity contribution >= 4 is 29.4 Å². The second-order valence-corrected chi connectivity index (χ2v) is 8.04. The standard InChI is InChI=1S/C25H26ClNO6/c1-16-23(25(30)33-12-11-31-2)21(18-7-9-20(26)10-8-18)14-22(28)27(16)15-17-5-4-6-19(13-17)24(29)32-3/h4-10,13,21H,11-12,14-15H2,1-3H3. The van der Waals surface area contributed by atoms with Crippen LogP contribution in [-0.2, 0) is 30.3 Å². The van der Waals surface area contributed by atoms with Crippen LogP contribution in [0.2, 0.25) is 5.02 Å². The minimum atomic E-state index is -0.495. The van der Waals surface area contributed by atoms with E-state index in [1.54, 1.807) is 42.2 Å². The first kappa shape index (κ1) is 24.5. The van der Waals surface area contributed by atoms with Crippen molar-refractivity contribution in [3.05, 3.63) is 81.5 Å². The van der Waals surface area contributed by atoms with Crippen LogP contribution in [0, 0.1) is 0 Å². The van der Waals surface area contributed by atoms with Crippen LogP contribution in [0.25, 0.3) is 0 Å². The molecule has 1 aliphatic rings. The summed E-state index contributed by atoms with van der Waals surface area (Å²) in [6.45, 7) is 2.32. The molecule has 2 aromatic rings. The van der Waals surface area contributed by atoms with Crippen LogP contribution in [-0.4, -0.2) is 50.2 Å². The van der Waals surface area contributed by atoms with Crippen LogP contribution < -0.4 is 0 Å². The Morgan fingerprint density at radius 3 is 2.45 bits per heavy atom. The molecule has 7 nitrogen and oxygen atoms in total. The second kappa shape index (κ2) is 11.1. The maximum atomic E-state index is 13.2. The third-order valence-corrected chi connectivity index (χ3v) is 5.78. The number of amides is 1. The van der Waals surface area contributed by atoms with Gasteiger partial charge < -0.3 is 19.1 Å². The number of benzene rings is 2. The molecule has 33 heavy (non-hydrogen) atoms. The van der Waals surface area contributed by atoms with Gasteiger partial charge in [0.2, 0.25) is 5.91 Å². The van der Waals surface area contributed by atoms with E-state index in [1.807, 2.05) is 18.2 Å². The van der Waals surface area contributed by atoms with Crippen molar-refractivity contribution in [2.24, 2.45) is 0 Å². The maximum absolute atomic E-state index is 13.2. The zero-order valence-corrected chi connectivity index (χ0v) is 19.6. The van der Waals surface area contributed by atoms with Gasteiger partial charge in [-0.2, -0.15) is 0 Å². The monoisotopic (exact) mass is 471 g/mol. The summed E-state index contributed by atoms with van der Waals surface area (Å²) in [6, 6.07) is 13.9. The molecule has 0 bridgehead atoms. The topological polar surface area (TPSA) is 82.1 Å². The number of nitrogens with zero attached hydrogens (tertiary/aromatic N) is 1. The van der Waals surface area contributed by atoms with Crippen LogP contribution >= 0.6 is 11.6 Å². The van der Waals surface area contributed by atoms with Gasteiger partial charge in [0.15, 0.2) is 0 Å². The average molecular weight is 472 g/mol. The van der Waals surface area contributed by atoms with E-state index in [2.05, 4.69) is 0 Å². The molecule has 2 aromatic carbocycles. The number of allylic oxidation sites excluding steroid dienone is 1. The summed E-state index contributed by atoms with van der Waals surface area (Å²) in [5.74, 6) is -1.54. The van der Waals surface area contributed by atoms with E-state index < -0.39 is 17.9 Å². The van der Waals surface area contributed by atoms with Gasteiger partial charge >= 0.3 is 11.9 Å². The van der Waals surface area contributed by atoms with Crippen LogP contribution in [0.15, 0.2) is 59.8 Å². The van der Waals surface area contributed by atoms with Crippen LogP contribution in [0.1, 0.15) is 40.7 Å². The van der Waals surface area contributed by atoms with Gasteiger partial charge in [0.1, 0.15) is 6.61 Å². The average Bonchev–Trinajstić information content (AvgIpc) is 2.81. The molecule has 8 heteroatoms. The van der Waals surface area contributed by atoms with Crippen molar-refractivity contribution < 1.29 is 28.6 Å². The van der Waals surface area contributed by atoms with Gasteiger partial charge in [-0.25, -0.2) is 9.59 Å². The van der Waals surface area contributed by atoms with Crippen molar-refractivity contribution in [2.45, 2.75) is 25.8 Å². The quantitative estimate of drug-likeness (QED) is 0.425. The van der Waals surface area contributed by atoms with Crippen LogP contribution in [0.3, 0.4) is 0 Å². The molecule has 0 aromatic heterocycles. The maximum Gasteiger partial charge on any atom is 0.337 e. The molecule has 1 aliphatic heterocycles. The van der Waals surface area contributed by atoms with Crippen LogP contribution in [0.5, 0.6) is 0 Å². The molecular formula is C25H26ClNO6. The van der Waals surface area contributed by atoms with Crippen molar-refractivity contribution in [3.8, 4) is 0 Å². The first-order chi connectivity index (χ1) is 15.8. The van der Waals surface area contributed by atoms with Gasteiger partial charge in [-0.15, -0.1) is 0 Å². The predicted molar refractivity (Wildman–Crippen MR) is 123 cm³/mol. The molecule has 0 spiro atoms. The summed E-state index contributed by atoms with van der Waals surface area (Å²) in [5.41, 5.74) is 2.86. The number of ether oxygens (including phenoxy) is 3. The first-order valence-electron chi connectivity index (χ1n) is 10.5. The number of halogens is 1. The van der Waals surface area contributed by atoms with E-state index in [9.17, 15) is 14.4 Å². The number of carbonyl (C=O) groups is 3. The fourth-order valence-electron chi connectivity index (χ4n) is 3.84. The highest BCUT2D eigenvalue weighted by Gasteiger charge is 2.37. The third-order valence-electron chi connectivity index (χ3n) is 5.52. The fourth-order valence-corrected chi connectivity index (χ4v) is 3.97. The largest absolute Gasteiger partial charge is 0.465 e. The Labute approximate surface area is 197 Å². The summed E-state index contributed by atoms with van der Waals surface area (Å²) < 4.78 is 15.2. The summed E-state index contributed by atoms with van der Waals surface area (Å²) in [5, 5.41) is 0.568. The normalized spacial score (nSPS) is 16.1. The van der Waals surface area contributed by atoms with Crippen molar-refractivity contribution in [1.29, 1.82) is 0 Å². The highest BCUT2D eigenvalue weighted by Crippen LogP contribution is 2.38. The van der Waals surface area contributed by atoms with Crippen molar-refractivity contribution in [1.82, 2.24) is 4.90 Å². The highest BCUT2D eigenvalue weighted by molar-refractivity contribution is 6.30. The Kier molecular flexibility index (Phi) is 8.25. The smallest absolute Gasteiger partial charge is 0.337 e. The first-order valence-corrected chi connectivity index (χ1v) is 10.8. The molecule has 1 atom stereocenters. The van der Waals surface area contributed by atoms with E-state index in [0.717, 1.165) is 11.1 Å². The van der Waals surface area contributed by atoms with Gasteiger partial charge in [-0.05, 0) is 42.3 Å². The summed E-state index contributed by atoms with van der Waals surface area (Å²) in [7, 11) is 2.84. The molecule has 1 unspecified atom stereocenters. The Hall–Kier alpha value is -3.16. The molecule has 0 fully saturated rings. The number of hydrogen-bond donors (Lipinski definition) is 0. The number of hydrogen-bond acceptors (Lipinski definition) is 6. The number of carbonyl (C=O) groups excluding carboxylic acids is 3. The number of methoxy groups -OCH3 is 2. The van der Waals surface area contributed by atoms with Gasteiger partial charge in [0.05, 0.1) is 31.4 Å². The van der Waals surface area contributed by atoms with Crippen molar-refractivity contribution in [2.75, 3.05) is 27.4 Å². The molecule has 1 amide bonds. The Morgan fingerprint density at radius 1 is 1.06 bits per heavy atom.